The lowest BCUT2D eigenvalue weighted by Gasteiger charge is -2.29. The molecule has 5 nitrogen and oxygen atoms in total. The summed E-state index contributed by atoms with van der Waals surface area (Å²) in [5.74, 6) is -0.499. The number of nitrogens with zero attached hydrogens (tertiary/aromatic N) is 1. The van der Waals surface area contributed by atoms with Crippen LogP contribution in [0.3, 0.4) is 0 Å². The SMILES string of the molecule is CC1CCNCC1NS(=O)(=O)c1ccc(F)c(C#N)c1.Cl. The van der Waals surface area contributed by atoms with Crippen molar-refractivity contribution < 1.29 is 12.8 Å². The molecule has 1 saturated heterocycles. The average Bonchev–Trinajstić information content (AvgIpc) is 2.41. The van der Waals surface area contributed by atoms with E-state index in [1.807, 2.05) is 6.92 Å². The van der Waals surface area contributed by atoms with E-state index in [1.54, 1.807) is 6.07 Å². The van der Waals surface area contributed by atoms with Gasteiger partial charge in [0.05, 0.1) is 10.5 Å². The fourth-order valence-corrected chi connectivity index (χ4v) is 3.54. The molecule has 8 heteroatoms. The normalized spacial score (nSPS) is 22.1. The Kier molecular flexibility index (Phi) is 6.10. The number of piperidine rings is 1. The van der Waals surface area contributed by atoms with Crippen LogP contribution in [-0.2, 0) is 10.0 Å². The summed E-state index contributed by atoms with van der Waals surface area (Å²) in [5.41, 5.74) is -0.275. The highest BCUT2D eigenvalue weighted by molar-refractivity contribution is 7.89. The first-order chi connectivity index (χ1) is 9.44. The van der Waals surface area contributed by atoms with Crippen molar-refractivity contribution in [2.24, 2.45) is 5.92 Å². The summed E-state index contributed by atoms with van der Waals surface area (Å²) in [5, 5.41) is 11.9. The van der Waals surface area contributed by atoms with Crippen LogP contribution < -0.4 is 10.0 Å². The third kappa shape index (κ3) is 4.14. The molecular weight excluding hydrogens is 317 g/mol. The Morgan fingerprint density at radius 2 is 2.19 bits per heavy atom. The number of benzene rings is 1. The summed E-state index contributed by atoms with van der Waals surface area (Å²) < 4.78 is 40.4. The van der Waals surface area contributed by atoms with Crippen molar-refractivity contribution in [3.8, 4) is 6.07 Å². The molecule has 0 bridgehead atoms. The zero-order valence-electron chi connectivity index (χ0n) is 11.5. The zero-order valence-corrected chi connectivity index (χ0v) is 13.1. The molecule has 2 rings (SSSR count). The summed E-state index contributed by atoms with van der Waals surface area (Å²) in [6.07, 6.45) is 0.889. The minimum absolute atomic E-state index is 0. The van der Waals surface area contributed by atoms with Crippen molar-refractivity contribution in [2.45, 2.75) is 24.3 Å². The molecule has 2 unspecified atom stereocenters. The van der Waals surface area contributed by atoms with Crippen LogP contribution in [0, 0.1) is 23.1 Å². The molecule has 2 atom stereocenters. The summed E-state index contributed by atoms with van der Waals surface area (Å²) in [4.78, 5) is -0.0896. The molecular formula is C13H17ClFN3O2S. The summed E-state index contributed by atoms with van der Waals surface area (Å²) >= 11 is 0. The van der Waals surface area contributed by atoms with Gasteiger partial charge in [-0.15, -0.1) is 12.4 Å². The Bertz CT molecular complexity index is 645. The van der Waals surface area contributed by atoms with Gasteiger partial charge < -0.3 is 5.32 Å². The Morgan fingerprint density at radius 3 is 2.81 bits per heavy atom. The van der Waals surface area contributed by atoms with E-state index in [4.69, 9.17) is 5.26 Å². The molecule has 116 valence electrons. The highest BCUT2D eigenvalue weighted by Gasteiger charge is 2.27. The second-order valence-electron chi connectivity index (χ2n) is 4.95. The minimum atomic E-state index is -3.75. The minimum Gasteiger partial charge on any atom is -0.315 e. The van der Waals surface area contributed by atoms with Gasteiger partial charge in [-0.2, -0.15) is 5.26 Å². The van der Waals surface area contributed by atoms with Gasteiger partial charge in [-0.25, -0.2) is 17.5 Å². The molecule has 1 aliphatic heterocycles. The number of hydrogen-bond donors (Lipinski definition) is 2. The van der Waals surface area contributed by atoms with Crippen LogP contribution in [0.1, 0.15) is 18.9 Å². The number of sulfonamides is 1. The average molecular weight is 334 g/mol. The second-order valence-corrected chi connectivity index (χ2v) is 6.67. The molecule has 1 aromatic carbocycles. The van der Waals surface area contributed by atoms with Gasteiger partial charge >= 0.3 is 0 Å². The number of nitriles is 1. The number of hydrogen-bond acceptors (Lipinski definition) is 4. The van der Waals surface area contributed by atoms with Gasteiger partial charge in [0.15, 0.2) is 0 Å². The standard InChI is InChI=1S/C13H16FN3O2S.ClH/c1-9-4-5-16-8-13(9)17-20(18,19)11-2-3-12(14)10(6-11)7-15;/h2-3,6,9,13,16-17H,4-5,8H2,1H3;1H. The number of halogens is 2. The topological polar surface area (TPSA) is 82.0 Å². The molecule has 0 aliphatic carbocycles. The third-order valence-electron chi connectivity index (χ3n) is 3.50. The van der Waals surface area contributed by atoms with E-state index in [9.17, 15) is 12.8 Å². The van der Waals surface area contributed by atoms with Gasteiger partial charge in [0, 0.05) is 12.6 Å². The fourth-order valence-electron chi connectivity index (χ4n) is 2.17. The first-order valence-corrected chi connectivity index (χ1v) is 7.85. The van der Waals surface area contributed by atoms with Gasteiger partial charge in [-0.3, -0.25) is 0 Å². The molecule has 1 aliphatic rings. The molecule has 1 heterocycles. The quantitative estimate of drug-likeness (QED) is 0.876. The fraction of sp³-hybridized carbons (Fsp3) is 0.462. The van der Waals surface area contributed by atoms with Crippen molar-refractivity contribution >= 4 is 22.4 Å². The maximum Gasteiger partial charge on any atom is 0.240 e. The van der Waals surface area contributed by atoms with E-state index in [2.05, 4.69) is 10.0 Å². The van der Waals surface area contributed by atoms with E-state index in [0.29, 0.717) is 6.54 Å². The molecule has 0 aromatic heterocycles. The Hall–Kier alpha value is -1.20. The van der Waals surface area contributed by atoms with E-state index in [-0.39, 0.29) is 34.8 Å². The number of nitrogens with one attached hydrogen (secondary N) is 2. The van der Waals surface area contributed by atoms with E-state index in [0.717, 1.165) is 25.1 Å². The summed E-state index contributed by atoms with van der Waals surface area (Å²) in [6.45, 7) is 3.42. The van der Waals surface area contributed by atoms with Crippen molar-refractivity contribution in [3.63, 3.8) is 0 Å². The molecule has 0 radical (unpaired) electrons. The third-order valence-corrected chi connectivity index (χ3v) is 4.99. The predicted molar refractivity (Wildman–Crippen MR) is 79.1 cm³/mol. The van der Waals surface area contributed by atoms with Crippen LogP contribution >= 0.6 is 12.4 Å². The van der Waals surface area contributed by atoms with E-state index in [1.165, 1.54) is 6.07 Å². The maximum absolute atomic E-state index is 13.2. The predicted octanol–water partition coefficient (Wildman–Crippen LogP) is 1.40. The van der Waals surface area contributed by atoms with Crippen LogP contribution in [0.4, 0.5) is 4.39 Å². The van der Waals surface area contributed by atoms with E-state index >= 15 is 0 Å². The molecule has 0 spiro atoms. The maximum atomic E-state index is 13.2. The van der Waals surface area contributed by atoms with Crippen LogP contribution in [0.5, 0.6) is 0 Å². The Morgan fingerprint density at radius 1 is 1.48 bits per heavy atom. The van der Waals surface area contributed by atoms with Gasteiger partial charge in [0.1, 0.15) is 11.9 Å². The number of rotatable bonds is 3. The molecule has 1 aromatic rings. The van der Waals surface area contributed by atoms with E-state index < -0.39 is 15.8 Å². The monoisotopic (exact) mass is 333 g/mol. The molecule has 2 N–H and O–H groups in total. The molecule has 0 saturated carbocycles. The lowest BCUT2D eigenvalue weighted by molar-refractivity contribution is 0.327. The molecule has 1 fully saturated rings. The first kappa shape index (κ1) is 17.9. The summed E-state index contributed by atoms with van der Waals surface area (Å²) in [6, 6.07) is 4.65. The van der Waals surface area contributed by atoms with Crippen LogP contribution in [0.2, 0.25) is 0 Å². The van der Waals surface area contributed by atoms with Crippen molar-refractivity contribution in [1.82, 2.24) is 10.0 Å². The van der Waals surface area contributed by atoms with Gasteiger partial charge in [0.25, 0.3) is 0 Å². The highest BCUT2D eigenvalue weighted by atomic mass is 35.5. The van der Waals surface area contributed by atoms with Crippen molar-refractivity contribution in [1.29, 1.82) is 5.26 Å². The Balaban J connectivity index is 0.00000220. The van der Waals surface area contributed by atoms with Crippen molar-refractivity contribution in [2.75, 3.05) is 13.1 Å². The van der Waals surface area contributed by atoms with Gasteiger partial charge in [0.2, 0.25) is 10.0 Å². The van der Waals surface area contributed by atoms with Crippen molar-refractivity contribution in [3.05, 3.63) is 29.6 Å². The van der Waals surface area contributed by atoms with Crippen LogP contribution in [0.15, 0.2) is 23.1 Å². The summed E-state index contributed by atoms with van der Waals surface area (Å²) in [7, 11) is -3.75. The smallest absolute Gasteiger partial charge is 0.240 e. The first-order valence-electron chi connectivity index (χ1n) is 6.37. The largest absolute Gasteiger partial charge is 0.315 e. The van der Waals surface area contributed by atoms with Gasteiger partial charge in [-0.1, -0.05) is 6.92 Å². The molecule has 0 amide bonds. The van der Waals surface area contributed by atoms with Crippen LogP contribution in [-0.4, -0.2) is 27.5 Å². The second kappa shape index (κ2) is 7.18. The lowest BCUT2D eigenvalue weighted by Crippen LogP contribution is -2.50. The highest BCUT2D eigenvalue weighted by Crippen LogP contribution is 2.18. The van der Waals surface area contributed by atoms with Gasteiger partial charge in [-0.05, 0) is 37.1 Å². The lowest BCUT2D eigenvalue weighted by atomic mass is 9.96. The zero-order chi connectivity index (χ0) is 14.8. The molecule has 21 heavy (non-hydrogen) atoms. The van der Waals surface area contributed by atoms with Crippen LogP contribution in [0.25, 0.3) is 0 Å². The Labute approximate surface area is 130 Å².